The second kappa shape index (κ2) is 10.7. The lowest BCUT2D eigenvalue weighted by atomic mass is 10.1. The van der Waals surface area contributed by atoms with Gasteiger partial charge in [-0.2, -0.15) is 0 Å². The first kappa shape index (κ1) is 24.4. The van der Waals surface area contributed by atoms with Crippen molar-refractivity contribution in [2.45, 2.75) is 26.3 Å². The zero-order chi connectivity index (χ0) is 24.2. The van der Waals surface area contributed by atoms with Crippen molar-refractivity contribution in [2.75, 3.05) is 13.2 Å². The van der Waals surface area contributed by atoms with E-state index in [1.54, 1.807) is 18.2 Å². The topological polar surface area (TPSA) is 68.6 Å². The van der Waals surface area contributed by atoms with Gasteiger partial charge in [-0.05, 0) is 48.0 Å². The molecule has 1 aromatic heterocycles. The van der Waals surface area contributed by atoms with Gasteiger partial charge in [-0.25, -0.2) is 0 Å². The van der Waals surface area contributed by atoms with Gasteiger partial charge in [0.25, 0.3) is 11.1 Å². The minimum atomic E-state index is -0.589. The summed E-state index contributed by atoms with van der Waals surface area (Å²) in [6, 6.07) is 13.2. The van der Waals surface area contributed by atoms with Crippen LogP contribution in [0.2, 0.25) is 10.0 Å². The largest absolute Gasteiger partial charge is 0.464 e. The number of ether oxygens (including phenoxy) is 1. The fourth-order valence-electron chi connectivity index (χ4n) is 3.64. The van der Waals surface area contributed by atoms with Crippen LogP contribution in [0.25, 0.3) is 17.0 Å². The number of benzene rings is 2. The quantitative estimate of drug-likeness (QED) is 0.197. The van der Waals surface area contributed by atoms with E-state index in [9.17, 15) is 14.4 Å². The van der Waals surface area contributed by atoms with Crippen LogP contribution in [0.5, 0.6) is 0 Å². The standard InChI is InChI=1S/C25H22Cl2N2O4S/c1-2-3-10-33-23(30)15-29-24(31)22(34-25(29)32)11-17-14-28(21-7-5-4-6-19(17)21)13-16-8-9-18(26)12-20(16)27/h4-9,11-12,14H,2-3,10,13,15H2,1H3/b22-11+. The molecule has 0 saturated carbocycles. The zero-order valence-electron chi connectivity index (χ0n) is 18.4. The summed E-state index contributed by atoms with van der Waals surface area (Å²) in [5.41, 5.74) is 2.65. The summed E-state index contributed by atoms with van der Waals surface area (Å²) >= 11 is 13.2. The van der Waals surface area contributed by atoms with Crippen molar-refractivity contribution in [2.24, 2.45) is 0 Å². The molecular formula is C25H22Cl2N2O4S. The summed E-state index contributed by atoms with van der Waals surface area (Å²) in [6.07, 6.45) is 5.23. The molecule has 2 heterocycles. The number of nitrogens with zero attached hydrogens (tertiary/aromatic N) is 2. The average molecular weight is 517 g/mol. The van der Waals surface area contributed by atoms with Gasteiger partial charge in [-0.3, -0.25) is 19.3 Å². The summed E-state index contributed by atoms with van der Waals surface area (Å²) in [6.45, 7) is 2.38. The molecule has 9 heteroatoms. The van der Waals surface area contributed by atoms with E-state index in [0.29, 0.717) is 16.6 Å². The highest BCUT2D eigenvalue weighted by Gasteiger charge is 2.36. The Balaban J connectivity index is 1.59. The van der Waals surface area contributed by atoms with Gasteiger partial charge in [0, 0.05) is 39.3 Å². The van der Waals surface area contributed by atoms with Crippen LogP contribution in [-0.4, -0.2) is 39.7 Å². The molecule has 0 spiro atoms. The number of carbonyl (C=O) groups excluding carboxylic acids is 3. The predicted octanol–water partition coefficient (Wildman–Crippen LogP) is 6.38. The number of halogens is 2. The fraction of sp³-hybridized carbons (Fsp3) is 0.240. The number of carbonyl (C=O) groups is 3. The second-order valence-electron chi connectivity index (χ2n) is 7.81. The second-order valence-corrected chi connectivity index (χ2v) is 9.64. The number of rotatable bonds is 8. The number of unbranched alkanes of at least 4 members (excludes halogenated alkanes) is 1. The van der Waals surface area contributed by atoms with Gasteiger partial charge in [0.05, 0.1) is 11.5 Å². The Labute approximate surface area is 211 Å². The van der Waals surface area contributed by atoms with Crippen LogP contribution in [0, 0.1) is 0 Å². The Morgan fingerprint density at radius 2 is 1.94 bits per heavy atom. The number of hydrogen-bond donors (Lipinski definition) is 0. The Kier molecular flexibility index (Phi) is 7.66. The van der Waals surface area contributed by atoms with Gasteiger partial charge in [-0.1, -0.05) is 60.8 Å². The van der Waals surface area contributed by atoms with Crippen LogP contribution in [0.3, 0.4) is 0 Å². The molecule has 1 saturated heterocycles. The maximum atomic E-state index is 12.9. The Morgan fingerprint density at radius 3 is 2.71 bits per heavy atom. The van der Waals surface area contributed by atoms with E-state index in [4.69, 9.17) is 27.9 Å². The van der Waals surface area contributed by atoms with Crippen LogP contribution in [-0.2, 0) is 20.9 Å². The van der Waals surface area contributed by atoms with E-state index in [-0.39, 0.29) is 18.1 Å². The zero-order valence-corrected chi connectivity index (χ0v) is 20.8. The number of thioether (sulfide) groups is 1. The molecule has 0 bridgehead atoms. The minimum absolute atomic E-state index is 0.263. The molecule has 2 amide bonds. The SMILES string of the molecule is CCCCOC(=O)CN1C(=O)S/C(=C/c2cn(Cc3ccc(Cl)cc3Cl)c3ccccc23)C1=O. The number of hydrogen-bond acceptors (Lipinski definition) is 5. The highest BCUT2D eigenvalue weighted by Crippen LogP contribution is 2.34. The highest BCUT2D eigenvalue weighted by molar-refractivity contribution is 8.18. The first-order chi connectivity index (χ1) is 16.4. The van der Waals surface area contributed by atoms with Crippen LogP contribution < -0.4 is 0 Å². The Bertz CT molecular complexity index is 1300. The van der Waals surface area contributed by atoms with E-state index >= 15 is 0 Å². The average Bonchev–Trinajstić information content (AvgIpc) is 3.28. The summed E-state index contributed by atoms with van der Waals surface area (Å²) in [5, 5.41) is 1.58. The van der Waals surface area contributed by atoms with E-state index in [2.05, 4.69) is 0 Å². The van der Waals surface area contributed by atoms with Crippen molar-refractivity contribution in [3.05, 3.63) is 74.7 Å². The number of fused-ring (bicyclic) bond motifs is 1. The van der Waals surface area contributed by atoms with Gasteiger partial charge in [0.2, 0.25) is 0 Å². The number of aromatic nitrogens is 1. The third-order valence-electron chi connectivity index (χ3n) is 5.38. The fourth-order valence-corrected chi connectivity index (χ4v) is 4.93. The van der Waals surface area contributed by atoms with E-state index in [1.807, 2.05) is 48.0 Å². The molecule has 0 N–H and O–H groups in total. The monoisotopic (exact) mass is 516 g/mol. The van der Waals surface area contributed by atoms with Crippen molar-refractivity contribution < 1.29 is 19.1 Å². The summed E-state index contributed by atoms with van der Waals surface area (Å²) in [5.74, 6) is -1.09. The van der Waals surface area contributed by atoms with Crippen molar-refractivity contribution in [1.29, 1.82) is 0 Å². The molecule has 34 heavy (non-hydrogen) atoms. The molecule has 0 aliphatic carbocycles. The van der Waals surface area contributed by atoms with E-state index in [0.717, 1.165) is 51.5 Å². The van der Waals surface area contributed by atoms with Gasteiger partial charge in [-0.15, -0.1) is 0 Å². The summed E-state index contributed by atoms with van der Waals surface area (Å²) < 4.78 is 7.13. The van der Waals surface area contributed by atoms with Gasteiger partial charge in [0.15, 0.2) is 0 Å². The number of amides is 2. The Hall–Kier alpha value is -2.74. The molecule has 0 atom stereocenters. The number of imide groups is 1. The molecule has 0 unspecified atom stereocenters. The molecule has 1 aliphatic rings. The third kappa shape index (κ3) is 5.32. The predicted molar refractivity (Wildman–Crippen MR) is 136 cm³/mol. The number of esters is 1. The Morgan fingerprint density at radius 1 is 1.15 bits per heavy atom. The van der Waals surface area contributed by atoms with Crippen molar-refractivity contribution >= 4 is 69.1 Å². The molecular weight excluding hydrogens is 495 g/mol. The lowest BCUT2D eigenvalue weighted by Gasteiger charge is -2.11. The first-order valence-electron chi connectivity index (χ1n) is 10.8. The van der Waals surface area contributed by atoms with Crippen LogP contribution >= 0.6 is 35.0 Å². The lowest BCUT2D eigenvalue weighted by Crippen LogP contribution is -2.34. The van der Waals surface area contributed by atoms with Crippen molar-refractivity contribution in [3.63, 3.8) is 0 Å². The maximum absolute atomic E-state index is 12.9. The number of para-hydroxylation sites is 1. The molecule has 6 nitrogen and oxygen atoms in total. The molecule has 1 fully saturated rings. The first-order valence-corrected chi connectivity index (χ1v) is 12.4. The van der Waals surface area contributed by atoms with Crippen molar-refractivity contribution in [3.8, 4) is 0 Å². The minimum Gasteiger partial charge on any atom is -0.464 e. The molecule has 3 aromatic rings. The van der Waals surface area contributed by atoms with E-state index in [1.165, 1.54) is 0 Å². The van der Waals surface area contributed by atoms with Gasteiger partial charge in [0.1, 0.15) is 6.54 Å². The maximum Gasteiger partial charge on any atom is 0.326 e. The lowest BCUT2D eigenvalue weighted by molar-refractivity contribution is -0.146. The smallest absolute Gasteiger partial charge is 0.326 e. The molecule has 1 aliphatic heterocycles. The van der Waals surface area contributed by atoms with Crippen LogP contribution in [0.15, 0.2) is 53.6 Å². The normalized spacial score (nSPS) is 15.0. The van der Waals surface area contributed by atoms with E-state index < -0.39 is 17.1 Å². The van der Waals surface area contributed by atoms with Crippen LogP contribution in [0.1, 0.15) is 30.9 Å². The molecule has 2 aromatic carbocycles. The van der Waals surface area contributed by atoms with Gasteiger partial charge >= 0.3 is 5.97 Å². The highest BCUT2D eigenvalue weighted by atomic mass is 35.5. The van der Waals surface area contributed by atoms with Crippen molar-refractivity contribution in [1.82, 2.24) is 9.47 Å². The van der Waals surface area contributed by atoms with Crippen LogP contribution in [0.4, 0.5) is 4.79 Å². The molecule has 0 radical (unpaired) electrons. The van der Waals surface area contributed by atoms with Gasteiger partial charge < -0.3 is 9.30 Å². The summed E-state index contributed by atoms with van der Waals surface area (Å²) in [4.78, 5) is 38.5. The summed E-state index contributed by atoms with van der Waals surface area (Å²) in [7, 11) is 0. The molecule has 4 rings (SSSR count). The molecule has 176 valence electrons. The third-order valence-corrected chi connectivity index (χ3v) is 6.88.